The molecule has 3 aromatic rings. The van der Waals surface area contributed by atoms with Crippen LogP contribution < -0.4 is 10.7 Å². The first kappa shape index (κ1) is 27.2. The minimum atomic E-state index is -1.40. The molecule has 0 aliphatic heterocycles. The molecule has 4 N–H and O–H groups in total. The fourth-order valence-electron chi connectivity index (χ4n) is 3.13. The van der Waals surface area contributed by atoms with Gasteiger partial charge in [0.2, 0.25) is 5.43 Å². The standard InChI is InChI=1S/C20H19ClFN3O5.C4H10/c21-15-3-1-2-11(16(15)22)8-12-9-13-17(28)14(20(29)30)10-25(5-7-27)19(13)24-18(12)23-4-6-26;1-4(2)3/h1-3,9-10,26-27H,4-8H2,(H,23,24)(H,29,30);4H,1-3H3. The molecule has 0 atom stereocenters. The number of aliphatic hydroxyl groups is 2. The molecule has 0 spiro atoms. The number of anilines is 1. The highest BCUT2D eigenvalue weighted by molar-refractivity contribution is 6.30. The van der Waals surface area contributed by atoms with Crippen molar-refractivity contribution >= 4 is 34.4 Å². The van der Waals surface area contributed by atoms with E-state index >= 15 is 0 Å². The van der Waals surface area contributed by atoms with Gasteiger partial charge in [0.1, 0.15) is 22.8 Å². The van der Waals surface area contributed by atoms with Crippen molar-refractivity contribution < 1.29 is 24.5 Å². The van der Waals surface area contributed by atoms with Crippen LogP contribution in [0.2, 0.25) is 5.02 Å². The quantitative estimate of drug-likeness (QED) is 0.378. The van der Waals surface area contributed by atoms with Gasteiger partial charge in [0.25, 0.3) is 0 Å². The Labute approximate surface area is 201 Å². The van der Waals surface area contributed by atoms with Crippen molar-refractivity contribution in [3.8, 4) is 0 Å². The van der Waals surface area contributed by atoms with E-state index in [4.69, 9.17) is 16.7 Å². The van der Waals surface area contributed by atoms with Crippen LogP contribution in [0.15, 0.2) is 35.3 Å². The molecular formula is C24H29ClFN3O5. The van der Waals surface area contributed by atoms with Crippen molar-refractivity contribution in [2.75, 3.05) is 25.1 Å². The van der Waals surface area contributed by atoms with Crippen LogP contribution in [-0.2, 0) is 13.0 Å². The lowest BCUT2D eigenvalue weighted by atomic mass is 10.0. The molecule has 184 valence electrons. The first-order valence-electron chi connectivity index (χ1n) is 10.8. The third kappa shape index (κ3) is 6.75. The maximum atomic E-state index is 14.4. The smallest absolute Gasteiger partial charge is 0.341 e. The second kappa shape index (κ2) is 12.5. The molecule has 2 heterocycles. The molecule has 2 aromatic heterocycles. The highest BCUT2D eigenvalue weighted by atomic mass is 35.5. The number of hydrogen-bond donors (Lipinski definition) is 4. The number of carbonyl (C=O) groups is 1. The van der Waals surface area contributed by atoms with Gasteiger partial charge in [-0.3, -0.25) is 4.79 Å². The Bertz CT molecular complexity index is 1210. The van der Waals surface area contributed by atoms with E-state index in [-0.39, 0.29) is 54.3 Å². The van der Waals surface area contributed by atoms with Gasteiger partial charge in [0.15, 0.2) is 0 Å². The molecule has 3 rings (SSSR count). The SMILES string of the molecule is CC(C)C.O=C(O)c1cn(CCO)c2nc(NCCO)c(Cc3cccc(Cl)c3F)cc2c1=O. The maximum Gasteiger partial charge on any atom is 0.341 e. The van der Waals surface area contributed by atoms with Crippen LogP contribution in [-0.4, -0.2) is 50.6 Å². The number of nitrogens with zero attached hydrogens (tertiary/aromatic N) is 2. The Morgan fingerprint density at radius 3 is 2.47 bits per heavy atom. The van der Waals surface area contributed by atoms with Crippen LogP contribution in [0.5, 0.6) is 0 Å². The fourth-order valence-corrected chi connectivity index (χ4v) is 3.33. The van der Waals surface area contributed by atoms with Gasteiger partial charge in [0.05, 0.1) is 23.6 Å². The van der Waals surface area contributed by atoms with E-state index in [1.54, 1.807) is 12.1 Å². The van der Waals surface area contributed by atoms with Crippen LogP contribution in [0.1, 0.15) is 42.3 Å². The van der Waals surface area contributed by atoms with Crippen molar-refractivity contribution in [3.05, 3.63) is 68.2 Å². The molecule has 34 heavy (non-hydrogen) atoms. The normalized spacial score (nSPS) is 10.8. The van der Waals surface area contributed by atoms with Crippen LogP contribution in [0, 0.1) is 11.7 Å². The summed E-state index contributed by atoms with van der Waals surface area (Å²) < 4.78 is 15.8. The van der Waals surface area contributed by atoms with Crippen molar-refractivity contribution in [1.29, 1.82) is 0 Å². The van der Waals surface area contributed by atoms with Gasteiger partial charge in [-0.05, 0) is 29.2 Å². The number of carboxylic acid groups (broad SMARTS) is 1. The number of nitrogens with one attached hydrogen (secondary N) is 1. The van der Waals surface area contributed by atoms with Gasteiger partial charge in [-0.1, -0.05) is 44.5 Å². The van der Waals surface area contributed by atoms with Crippen LogP contribution in [0.4, 0.5) is 10.2 Å². The Balaban J connectivity index is 0.000000945. The third-order valence-electron chi connectivity index (χ3n) is 4.52. The molecule has 0 saturated carbocycles. The second-order valence-electron chi connectivity index (χ2n) is 8.23. The number of aliphatic hydroxyl groups excluding tert-OH is 2. The van der Waals surface area contributed by atoms with Gasteiger partial charge in [0, 0.05) is 25.7 Å². The van der Waals surface area contributed by atoms with E-state index in [9.17, 15) is 24.2 Å². The maximum absolute atomic E-state index is 14.4. The van der Waals surface area contributed by atoms with Crippen LogP contribution in [0.3, 0.4) is 0 Å². The molecule has 1 aromatic carbocycles. The Hall–Kier alpha value is -3.01. The predicted molar refractivity (Wildman–Crippen MR) is 130 cm³/mol. The third-order valence-corrected chi connectivity index (χ3v) is 4.81. The van der Waals surface area contributed by atoms with E-state index < -0.39 is 22.8 Å². The summed E-state index contributed by atoms with van der Waals surface area (Å²) in [6, 6.07) is 5.99. The topological polar surface area (TPSA) is 125 Å². The van der Waals surface area contributed by atoms with Crippen molar-refractivity contribution in [2.24, 2.45) is 5.92 Å². The van der Waals surface area contributed by atoms with Crippen molar-refractivity contribution in [3.63, 3.8) is 0 Å². The number of pyridine rings is 2. The lowest BCUT2D eigenvalue weighted by Crippen LogP contribution is -2.21. The highest BCUT2D eigenvalue weighted by Gasteiger charge is 2.19. The van der Waals surface area contributed by atoms with E-state index in [0.29, 0.717) is 11.4 Å². The number of aromatic nitrogens is 2. The van der Waals surface area contributed by atoms with Gasteiger partial charge >= 0.3 is 5.97 Å². The van der Waals surface area contributed by atoms with Crippen molar-refractivity contribution in [2.45, 2.75) is 33.7 Å². The van der Waals surface area contributed by atoms with Gasteiger partial charge in [-0.15, -0.1) is 0 Å². The van der Waals surface area contributed by atoms with E-state index in [1.165, 1.54) is 16.7 Å². The Morgan fingerprint density at radius 1 is 1.21 bits per heavy atom. The first-order chi connectivity index (χ1) is 16.1. The zero-order chi connectivity index (χ0) is 25.4. The molecule has 0 aliphatic rings. The monoisotopic (exact) mass is 493 g/mol. The average molecular weight is 494 g/mol. The molecule has 0 saturated heterocycles. The largest absolute Gasteiger partial charge is 0.477 e. The first-order valence-corrected chi connectivity index (χ1v) is 11.2. The lowest BCUT2D eigenvalue weighted by molar-refractivity contribution is 0.0694. The average Bonchev–Trinajstić information content (AvgIpc) is 2.77. The minimum absolute atomic E-state index is 0.0196. The molecular weight excluding hydrogens is 465 g/mol. The van der Waals surface area contributed by atoms with E-state index in [1.807, 2.05) is 0 Å². The summed E-state index contributed by atoms with van der Waals surface area (Å²) in [5.74, 6) is -0.882. The van der Waals surface area contributed by atoms with Crippen LogP contribution in [0.25, 0.3) is 11.0 Å². The number of halogens is 2. The predicted octanol–water partition coefficient (Wildman–Crippen LogP) is 3.54. The summed E-state index contributed by atoms with van der Waals surface area (Å²) in [4.78, 5) is 28.6. The molecule has 0 amide bonds. The van der Waals surface area contributed by atoms with Crippen LogP contribution >= 0.6 is 11.6 Å². The zero-order valence-electron chi connectivity index (χ0n) is 19.3. The molecule has 0 radical (unpaired) electrons. The molecule has 10 heteroatoms. The fraction of sp³-hybridized carbons (Fsp3) is 0.375. The van der Waals surface area contributed by atoms with E-state index in [2.05, 4.69) is 31.1 Å². The second-order valence-corrected chi connectivity index (χ2v) is 8.64. The molecule has 0 aliphatic carbocycles. The van der Waals surface area contributed by atoms with E-state index in [0.717, 1.165) is 12.1 Å². The molecule has 0 fully saturated rings. The Kier molecular flexibility index (Phi) is 9.97. The minimum Gasteiger partial charge on any atom is -0.477 e. The number of benzene rings is 1. The van der Waals surface area contributed by atoms with Gasteiger partial charge < -0.3 is 25.2 Å². The zero-order valence-corrected chi connectivity index (χ0v) is 20.1. The number of rotatable bonds is 8. The highest BCUT2D eigenvalue weighted by Crippen LogP contribution is 2.25. The molecule has 0 unspecified atom stereocenters. The van der Waals surface area contributed by atoms with Gasteiger partial charge in [-0.25, -0.2) is 14.2 Å². The lowest BCUT2D eigenvalue weighted by Gasteiger charge is -2.16. The number of aromatic carboxylic acids is 1. The summed E-state index contributed by atoms with van der Waals surface area (Å²) in [6.07, 6.45) is 1.15. The number of hydrogen-bond acceptors (Lipinski definition) is 6. The summed E-state index contributed by atoms with van der Waals surface area (Å²) >= 11 is 5.85. The summed E-state index contributed by atoms with van der Waals surface area (Å²) in [5, 5.41) is 30.7. The number of carboxylic acids is 1. The molecule has 0 bridgehead atoms. The van der Waals surface area contributed by atoms with Gasteiger partial charge in [-0.2, -0.15) is 0 Å². The summed E-state index contributed by atoms with van der Waals surface area (Å²) in [5.41, 5.74) is -0.350. The Morgan fingerprint density at radius 2 is 1.88 bits per heavy atom. The van der Waals surface area contributed by atoms with Crippen molar-refractivity contribution in [1.82, 2.24) is 9.55 Å². The number of fused-ring (bicyclic) bond motifs is 1. The summed E-state index contributed by atoms with van der Waals surface area (Å²) in [7, 11) is 0. The summed E-state index contributed by atoms with van der Waals surface area (Å²) in [6.45, 7) is 6.19. The molecule has 8 nitrogen and oxygen atoms in total.